The first-order chi connectivity index (χ1) is 30.8. The Morgan fingerprint density at radius 2 is 0.524 bits per heavy atom. The van der Waals surface area contributed by atoms with Gasteiger partial charge in [-0.3, -0.25) is 14.4 Å². The van der Waals surface area contributed by atoms with Gasteiger partial charge in [-0.2, -0.15) is 0 Å². The Bertz CT molecular complexity index is 1060. The molecule has 0 aliphatic carbocycles. The lowest BCUT2D eigenvalue weighted by molar-refractivity contribution is -0.194. The minimum absolute atomic E-state index is 0.0788. The number of carbonyl (C=O) groups excluding carboxylic acids is 3. The number of ketones is 3. The van der Waals surface area contributed by atoms with E-state index in [1.807, 2.05) is 0 Å². The molecule has 3 N–H and O–H groups in total. The molecule has 63 heavy (non-hydrogen) atoms. The van der Waals surface area contributed by atoms with Gasteiger partial charge in [-0.1, -0.05) is 264 Å². The molecule has 0 rings (SSSR count). The summed E-state index contributed by atoms with van der Waals surface area (Å²) in [6.07, 6.45) is 54.2. The molecular formula is C57H108O6. The van der Waals surface area contributed by atoms with Crippen molar-refractivity contribution in [3.8, 4) is 0 Å². The Morgan fingerprint density at radius 1 is 0.317 bits per heavy atom. The van der Waals surface area contributed by atoms with Crippen molar-refractivity contribution in [2.45, 2.75) is 327 Å². The van der Waals surface area contributed by atoms with Crippen LogP contribution in [0.15, 0.2) is 12.2 Å². The number of rotatable bonds is 52. The van der Waals surface area contributed by atoms with Crippen LogP contribution >= 0.6 is 0 Å². The van der Waals surface area contributed by atoms with E-state index in [9.17, 15) is 29.7 Å². The van der Waals surface area contributed by atoms with Crippen molar-refractivity contribution in [1.82, 2.24) is 0 Å². The quantitative estimate of drug-likeness (QED) is 0.0319. The van der Waals surface area contributed by atoms with E-state index in [1.165, 1.54) is 180 Å². The lowest BCUT2D eigenvalue weighted by Gasteiger charge is -2.39. The van der Waals surface area contributed by atoms with E-state index in [-0.39, 0.29) is 19.3 Å². The Labute approximate surface area is 391 Å². The van der Waals surface area contributed by atoms with Gasteiger partial charge in [0.2, 0.25) is 5.60 Å². The molecule has 0 aliphatic heterocycles. The average Bonchev–Trinajstić information content (AvgIpc) is 3.29. The highest BCUT2D eigenvalue weighted by Gasteiger charge is 2.62. The summed E-state index contributed by atoms with van der Waals surface area (Å²) in [5, 5.41) is 34.2. The van der Waals surface area contributed by atoms with Crippen molar-refractivity contribution in [3.63, 3.8) is 0 Å². The molecule has 0 aliphatic rings. The number of hydrogen-bond donors (Lipinski definition) is 3. The summed E-state index contributed by atoms with van der Waals surface area (Å²) in [5.41, 5.74) is -5.75. The van der Waals surface area contributed by atoms with Crippen molar-refractivity contribution in [2.75, 3.05) is 6.61 Å². The van der Waals surface area contributed by atoms with Crippen molar-refractivity contribution in [1.29, 1.82) is 0 Å². The minimum atomic E-state index is -2.93. The Balaban J connectivity index is 4.90. The van der Waals surface area contributed by atoms with Crippen molar-refractivity contribution in [2.24, 2.45) is 0 Å². The highest BCUT2D eigenvalue weighted by molar-refractivity contribution is 6.16. The third-order valence-electron chi connectivity index (χ3n) is 13.8. The molecule has 0 aromatic heterocycles. The maximum atomic E-state index is 13.8. The Kier molecular flexibility index (Phi) is 44.8. The van der Waals surface area contributed by atoms with Crippen LogP contribution in [0.4, 0.5) is 0 Å². The fraction of sp³-hybridized carbons (Fsp3) is 0.912. The summed E-state index contributed by atoms with van der Waals surface area (Å²) >= 11 is 0. The van der Waals surface area contributed by atoms with E-state index in [0.29, 0.717) is 19.3 Å². The lowest BCUT2D eigenvalue weighted by Crippen LogP contribution is -2.69. The molecule has 0 spiro atoms. The molecule has 0 saturated heterocycles. The molecule has 6 heteroatoms. The molecule has 0 heterocycles. The maximum absolute atomic E-state index is 13.8. The molecule has 2 unspecified atom stereocenters. The fourth-order valence-corrected chi connectivity index (χ4v) is 9.26. The van der Waals surface area contributed by atoms with Gasteiger partial charge < -0.3 is 15.3 Å². The molecular weight excluding hydrogens is 781 g/mol. The molecule has 0 aromatic rings. The van der Waals surface area contributed by atoms with Crippen LogP contribution in [0.1, 0.15) is 316 Å². The standard InChI is InChI=1S/C57H108O6/c1-4-7-10-13-16-19-22-25-28-31-34-37-40-43-46-49-53(59)56(62,52-58)57(63,54(60)50-47-44-41-38-35-32-29-26-23-20-17-14-11-8-5-2)55(61)51-48-45-42-39-36-33-30-27-24-21-18-15-12-9-6-3/h26,29,58,62-63H,4-25,27-28,30-52H2,1-3H3/b29-26-. The maximum Gasteiger partial charge on any atom is 0.219 e. The van der Waals surface area contributed by atoms with Gasteiger partial charge in [0.1, 0.15) is 0 Å². The first kappa shape index (κ1) is 61.6. The van der Waals surface area contributed by atoms with Crippen molar-refractivity contribution in [3.05, 3.63) is 12.2 Å². The molecule has 6 nitrogen and oxygen atoms in total. The van der Waals surface area contributed by atoms with E-state index in [4.69, 9.17) is 0 Å². The van der Waals surface area contributed by atoms with Crippen LogP contribution in [0.2, 0.25) is 0 Å². The van der Waals surface area contributed by atoms with Gasteiger partial charge in [-0.25, -0.2) is 0 Å². The normalized spacial score (nSPS) is 13.7. The third kappa shape index (κ3) is 32.9. The number of allylic oxidation sites excluding steroid dienone is 2. The second kappa shape index (κ2) is 45.8. The fourth-order valence-electron chi connectivity index (χ4n) is 9.26. The predicted octanol–water partition coefficient (Wildman–Crippen LogP) is 16.7. The molecule has 0 amide bonds. The zero-order valence-electron chi connectivity index (χ0n) is 42.5. The van der Waals surface area contributed by atoms with Gasteiger partial charge in [0, 0.05) is 19.3 Å². The molecule has 0 fully saturated rings. The monoisotopic (exact) mass is 889 g/mol. The predicted molar refractivity (Wildman–Crippen MR) is 271 cm³/mol. The van der Waals surface area contributed by atoms with Gasteiger partial charge in [0.05, 0.1) is 6.61 Å². The second-order valence-electron chi connectivity index (χ2n) is 19.7. The highest BCUT2D eigenvalue weighted by Crippen LogP contribution is 2.32. The molecule has 372 valence electrons. The Hall–Kier alpha value is -1.37. The molecule has 0 aromatic carbocycles. The van der Waals surface area contributed by atoms with Gasteiger partial charge >= 0.3 is 0 Å². The smallest absolute Gasteiger partial charge is 0.219 e. The van der Waals surface area contributed by atoms with Crippen LogP contribution in [0, 0.1) is 0 Å². The summed E-state index contributed by atoms with van der Waals surface area (Å²) < 4.78 is 0. The largest absolute Gasteiger partial charge is 0.393 e. The molecule has 0 saturated carbocycles. The molecule has 0 radical (unpaired) electrons. The van der Waals surface area contributed by atoms with Crippen LogP contribution in [-0.4, -0.2) is 50.5 Å². The number of aliphatic hydroxyl groups is 3. The summed E-state index contributed by atoms with van der Waals surface area (Å²) in [4.78, 5) is 41.3. The van der Waals surface area contributed by atoms with E-state index in [1.54, 1.807) is 0 Å². The average molecular weight is 889 g/mol. The number of aliphatic hydroxyl groups excluding tert-OH is 1. The van der Waals surface area contributed by atoms with E-state index >= 15 is 0 Å². The Morgan fingerprint density at radius 3 is 0.762 bits per heavy atom. The van der Waals surface area contributed by atoms with Crippen LogP contribution in [-0.2, 0) is 14.4 Å². The van der Waals surface area contributed by atoms with E-state index in [0.717, 1.165) is 77.0 Å². The zero-order valence-corrected chi connectivity index (χ0v) is 42.5. The SMILES string of the molecule is CCCCCCCC/C=C\CCCCCCCC(=O)C(O)(C(=O)CCCCCCCCCCCCCCCCC)C(O)(CO)C(=O)CCCCCCCCCCCCCCCCC. The first-order valence-electron chi connectivity index (χ1n) is 28.1. The van der Waals surface area contributed by atoms with E-state index < -0.39 is 35.2 Å². The number of hydrogen-bond acceptors (Lipinski definition) is 6. The number of unbranched alkanes of at least 4 members (excludes halogenated alkanes) is 39. The summed E-state index contributed by atoms with van der Waals surface area (Å²) in [6, 6.07) is 0. The third-order valence-corrected chi connectivity index (χ3v) is 13.8. The summed E-state index contributed by atoms with van der Waals surface area (Å²) in [5.74, 6) is -2.45. The zero-order chi connectivity index (χ0) is 46.4. The number of Topliss-reactive ketones (excluding diaryl/α,β-unsaturated/α-hetero) is 3. The summed E-state index contributed by atoms with van der Waals surface area (Å²) in [6.45, 7) is 5.61. The van der Waals surface area contributed by atoms with Crippen LogP contribution < -0.4 is 0 Å². The van der Waals surface area contributed by atoms with Crippen molar-refractivity contribution < 1.29 is 29.7 Å². The van der Waals surface area contributed by atoms with Gasteiger partial charge in [0.15, 0.2) is 23.0 Å². The van der Waals surface area contributed by atoms with E-state index in [2.05, 4.69) is 32.9 Å². The van der Waals surface area contributed by atoms with Gasteiger partial charge in [0.25, 0.3) is 0 Å². The van der Waals surface area contributed by atoms with Crippen LogP contribution in [0.3, 0.4) is 0 Å². The second-order valence-corrected chi connectivity index (χ2v) is 19.7. The van der Waals surface area contributed by atoms with Crippen LogP contribution in [0.5, 0.6) is 0 Å². The van der Waals surface area contributed by atoms with Crippen LogP contribution in [0.25, 0.3) is 0 Å². The van der Waals surface area contributed by atoms with Gasteiger partial charge in [-0.15, -0.1) is 0 Å². The first-order valence-corrected chi connectivity index (χ1v) is 28.1. The molecule has 0 bridgehead atoms. The lowest BCUT2D eigenvalue weighted by atomic mass is 9.71. The highest BCUT2D eigenvalue weighted by atomic mass is 16.4. The van der Waals surface area contributed by atoms with Crippen molar-refractivity contribution >= 4 is 17.3 Å². The summed E-state index contributed by atoms with van der Waals surface area (Å²) in [7, 11) is 0. The number of carbonyl (C=O) groups is 3. The molecule has 2 atom stereocenters. The topological polar surface area (TPSA) is 112 Å². The minimum Gasteiger partial charge on any atom is -0.393 e. The van der Waals surface area contributed by atoms with Gasteiger partial charge in [-0.05, 0) is 44.9 Å².